The van der Waals surface area contributed by atoms with Gasteiger partial charge in [-0.3, -0.25) is 0 Å². The molecule has 0 radical (unpaired) electrons. The highest BCUT2D eigenvalue weighted by Crippen LogP contribution is 2.54. The van der Waals surface area contributed by atoms with Crippen molar-refractivity contribution in [2.24, 2.45) is 0 Å². The summed E-state index contributed by atoms with van der Waals surface area (Å²) < 4.78 is 16.7. The van der Waals surface area contributed by atoms with E-state index < -0.39 is 0 Å². The molecule has 0 saturated heterocycles. The van der Waals surface area contributed by atoms with E-state index in [9.17, 15) is 5.11 Å². The molecule has 1 aliphatic heterocycles. The van der Waals surface area contributed by atoms with Crippen LogP contribution < -0.4 is 19.5 Å². The molecule has 1 atom stereocenters. The van der Waals surface area contributed by atoms with Crippen LogP contribution in [-0.2, 0) is 12.8 Å². The lowest BCUT2D eigenvalue weighted by molar-refractivity contribution is 0.352. The molecule has 24 heavy (non-hydrogen) atoms. The largest absolute Gasteiger partial charge is 0.504 e. The topological polar surface area (TPSA) is 60.0 Å². The summed E-state index contributed by atoms with van der Waals surface area (Å²) in [5.74, 6) is 2.03. The van der Waals surface area contributed by atoms with Gasteiger partial charge in [0.15, 0.2) is 23.0 Å². The summed E-state index contributed by atoms with van der Waals surface area (Å²) in [4.78, 5) is 0. The number of hydrogen-bond donors (Lipinski definition) is 2. The molecular formula is C19H21NO4. The van der Waals surface area contributed by atoms with Crippen LogP contribution in [0.5, 0.6) is 23.0 Å². The number of aromatic hydroxyl groups is 1. The molecule has 5 heteroatoms. The van der Waals surface area contributed by atoms with Crippen molar-refractivity contribution in [2.75, 3.05) is 27.9 Å². The lowest BCUT2D eigenvalue weighted by atomic mass is 9.77. The van der Waals surface area contributed by atoms with Gasteiger partial charge >= 0.3 is 0 Å². The Bertz CT molecular complexity index is 816. The van der Waals surface area contributed by atoms with Crippen LogP contribution >= 0.6 is 0 Å². The average molecular weight is 327 g/mol. The van der Waals surface area contributed by atoms with Crippen molar-refractivity contribution in [3.05, 3.63) is 34.9 Å². The van der Waals surface area contributed by atoms with Crippen LogP contribution in [0.4, 0.5) is 0 Å². The number of phenolic OH excluding ortho intramolecular Hbond substituents is 1. The molecule has 2 aromatic rings. The summed E-state index contributed by atoms with van der Waals surface area (Å²) in [5.41, 5.74) is 5.41. The zero-order valence-electron chi connectivity index (χ0n) is 14.1. The zero-order valence-corrected chi connectivity index (χ0v) is 14.1. The van der Waals surface area contributed by atoms with Crippen LogP contribution in [0.25, 0.3) is 11.1 Å². The Labute approximate surface area is 141 Å². The van der Waals surface area contributed by atoms with E-state index in [1.807, 2.05) is 12.1 Å². The molecule has 0 amide bonds. The molecule has 4 rings (SSSR count). The maximum absolute atomic E-state index is 10.5. The Kier molecular flexibility index (Phi) is 3.53. The highest BCUT2D eigenvalue weighted by molar-refractivity contribution is 5.88. The lowest BCUT2D eigenvalue weighted by Gasteiger charge is -2.36. The average Bonchev–Trinajstić information content (AvgIpc) is 2.60. The van der Waals surface area contributed by atoms with E-state index in [1.54, 1.807) is 21.3 Å². The SMILES string of the molecule is COc1ccc2c(c1OC)-c1c(OC)c(O)cc3c1[C@@H](C2)NCC3. The van der Waals surface area contributed by atoms with Gasteiger partial charge in [0.2, 0.25) is 0 Å². The van der Waals surface area contributed by atoms with Crippen LogP contribution in [0.1, 0.15) is 22.7 Å². The second kappa shape index (κ2) is 5.60. The third kappa shape index (κ3) is 1.97. The molecule has 0 bridgehead atoms. The van der Waals surface area contributed by atoms with Crippen LogP contribution in [-0.4, -0.2) is 33.0 Å². The van der Waals surface area contributed by atoms with E-state index >= 15 is 0 Å². The molecule has 0 unspecified atom stereocenters. The predicted molar refractivity (Wildman–Crippen MR) is 91.4 cm³/mol. The molecule has 126 valence electrons. The molecule has 0 aromatic heterocycles. The van der Waals surface area contributed by atoms with Gasteiger partial charge in [-0.25, -0.2) is 0 Å². The Morgan fingerprint density at radius 1 is 1.00 bits per heavy atom. The van der Waals surface area contributed by atoms with Gasteiger partial charge in [0.25, 0.3) is 0 Å². The van der Waals surface area contributed by atoms with E-state index in [4.69, 9.17) is 14.2 Å². The Balaban J connectivity index is 2.12. The maximum atomic E-state index is 10.5. The number of phenols is 1. The number of benzene rings is 2. The van der Waals surface area contributed by atoms with Crippen LogP contribution in [0, 0.1) is 0 Å². The molecule has 0 spiro atoms. The number of fused-ring (bicyclic) bond motifs is 2. The van der Waals surface area contributed by atoms with Crippen molar-refractivity contribution >= 4 is 0 Å². The van der Waals surface area contributed by atoms with Gasteiger partial charge in [0, 0.05) is 17.2 Å². The van der Waals surface area contributed by atoms with Gasteiger partial charge in [0.1, 0.15) is 0 Å². The first-order chi connectivity index (χ1) is 11.7. The van der Waals surface area contributed by atoms with Crippen molar-refractivity contribution in [1.29, 1.82) is 0 Å². The van der Waals surface area contributed by atoms with Gasteiger partial charge in [-0.1, -0.05) is 6.07 Å². The summed E-state index contributed by atoms with van der Waals surface area (Å²) in [6.45, 7) is 0.908. The van der Waals surface area contributed by atoms with Crippen molar-refractivity contribution in [3.8, 4) is 34.1 Å². The number of ether oxygens (including phenoxy) is 3. The minimum absolute atomic E-state index is 0.171. The standard InChI is InChI=1S/C19H21NO4/c1-22-14-5-4-10-8-12-15-11(6-7-20-12)9-13(21)18(23-2)17(15)16(10)19(14)24-3/h4-5,9,12,20-21H,6-8H2,1-3H3/t12-/m1/s1. The number of rotatable bonds is 3. The maximum Gasteiger partial charge on any atom is 0.168 e. The highest BCUT2D eigenvalue weighted by atomic mass is 16.5. The minimum Gasteiger partial charge on any atom is -0.504 e. The predicted octanol–water partition coefficient (Wildman–Crippen LogP) is 2.83. The fourth-order valence-corrected chi connectivity index (χ4v) is 4.07. The van der Waals surface area contributed by atoms with Crippen LogP contribution in [0.2, 0.25) is 0 Å². The fraction of sp³-hybridized carbons (Fsp3) is 0.368. The molecule has 0 saturated carbocycles. The fourth-order valence-electron chi connectivity index (χ4n) is 4.07. The number of hydrogen-bond acceptors (Lipinski definition) is 5. The third-order valence-corrected chi connectivity index (χ3v) is 5.03. The Morgan fingerprint density at radius 3 is 2.50 bits per heavy atom. The molecule has 0 fully saturated rings. The molecular weight excluding hydrogens is 306 g/mol. The number of methoxy groups -OCH3 is 3. The minimum atomic E-state index is 0.171. The second-order valence-electron chi connectivity index (χ2n) is 6.17. The summed E-state index contributed by atoms with van der Waals surface area (Å²) in [5, 5.41) is 14.1. The molecule has 1 heterocycles. The van der Waals surface area contributed by atoms with Crippen molar-refractivity contribution in [1.82, 2.24) is 5.32 Å². The van der Waals surface area contributed by atoms with Crippen molar-refractivity contribution in [2.45, 2.75) is 18.9 Å². The van der Waals surface area contributed by atoms with Crippen LogP contribution in [0.3, 0.4) is 0 Å². The monoisotopic (exact) mass is 327 g/mol. The lowest BCUT2D eigenvalue weighted by Crippen LogP contribution is -2.34. The first-order valence-electron chi connectivity index (χ1n) is 8.10. The Hall–Kier alpha value is -2.40. The molecule has 1 aliphatic carbocycles. The van der Waals surface area contributed by atoms with Gasteiger partial charge in [0.05, 0.1) is 21.3 Å². The van der Waals surface area contributed by atoms with E-state index in [0.717, 1.165) is 36.1 Å². The summed E-state index contributed by atoms with van der Waals surface area (Å²) in [7, 11) is 4.86. The Morgan fingerprint density at radius 2 is 1.79 bits per heavy atom. The first kappa shape index (κ1) is 15.1. The normalized spacial score (nSPS) is 17.7. The molecule has 2 aliphatic rings. The molecule has 2 aromatic carbocycles. The first-order valence-corrected chi connectivity index (χ1v) is 8.10. The summed E-state index contributed by atoms with van der Waals surface area (Å²) in [6.07, 6.45) is 1.77. The highest BCUT2D eigenvalue weighted by Gasteiger charge is 2.35. The zero-order chi connectivity index (χ0) is 16.8. The van der Waals surface area contributed by atoms with Gasteiger partial charge < -0.3 is 24.6 Å². The smallest absolute Gasteiger partial charge is 0.168 e. The van der Waals surface area contributed by atoms with Gasteiger partial charge in [-0.2, -0.15) is 0 Å². The van der Waals surface area contributed by atoms with Gasteiger partial charge in [-0.05, 0) is 48.2 Å². The molecule has 2 N–H and O–H groups in total. The quantitative estimate of drug-likeness (QED) is 0.908. The van der Waals surface area contributed by atoms with Gasteiger partial charge in [-0.15, -0.1) is 0 Å². The van der Waals surface area contributed by atoms with Crippen molar-refractivity contribution in [3.63, 3.8) is 0 Å². The van der Waals surface area contributed by atoms with Crippen LogP contribution in [0.15, 0.2) is 18.2 Å². The van der Waals surface area contributed by atoms with E-state index in [0.29, 0.717) is 17.2 Å². The number of nitrogens with one attached hydrogen (secondary N) is 1. The van der Waals surface area contributed by atoms with E-state index in [-0.39, 0.29) is 11.8 Å². The van der Waals surface area contributed by atoms with Crippen molar-refractivity contribution < 1.29 is 19.3 Å². The summed E-state index contributed by atoms with van der Waals surface area (Å²) >= 11 is 0. The summed E-state index contributed by atoms with van der Waals surface area (Å²) in [6, 6.07) is 6.06. The third-order valence-electron chi connectivity index (χ3n) is 5.03. The van der Waals surface area contributed by atoms with E-state index in [2.05, 4.69) is 11.4 Å². The van der Waals surface area contributed by atoms with E-state index in [1.165, 1.54) is 11.1 Å². The second-order valence-corrected chi connectivity index (χ2v) is 6.17. The molecule has 5 nitrogen and oxygen atoms in total.